The number of hydrogen-bond acceptors (Lipinski definition) is 5. The molecule has 0 saturated carbocycles. The number of pyridine rings is 1. The van der Waals surface area contributed by atoms with Crippen molar-refractivity contribution in [2.45, 2.75) is 13.0 Å². The maximum absolute atomic E-state index is 12.0. The Kier molecular flexibility index (Phi) is 5.83. The number of aromatic nitrogens is 2. The van der Waals surface area contributed by atoms with E-state index in [4.69, 9.17) is 16.3 Å². The van der Waals surface area contributed by atoms with E-state index in [-0.39, 0.29) is 31.0 Å². The standard InChI is InChI=1S/C19H16ClN3O4/c20-14-6-4-13(5-7-14)19(26)21-9-8-18(25)27-12-15-11-17(24)23-10-2-1-3-16(23)22-15/h1-7,10-11H,8-9,12H2,(H,21,26). The van der Waals surface area contributed by atoms with E-state index < -0.39 is 5.97 Å². The molecule has 8 heteroatoms. The number of nitrogens with one attached hydrogen (secondary N) is 1. The molecule has 0 unspecified atom stereocenters. The molecule has 0 saturated heterocycles. The van der Waals surface area contributed by atoms with Crippen LogP contribution in [0.15, 0.2) is 59.5 Å². The summed E-state index contributed by atoms with van der Waals surface area (Å²) >= 11 is 5.77. The summed E-state index contributed by atoms with van der Waals surface area (Å²) < 4.78 is 6.52. The number of fused-ring (bicyclic) bond motifs is 1. The highest BCUT2D eigenvalue weighted by atomic mass is 35.5. The number of hydrogen-bond donors (Lipinski definition) is 1. The molecular weight excluding hydrogens is 370 g/mol. The normalized spacial score (nSPS) is 10.6. The van der Waals surface area contributed by atoms with Crippen molar-refractivity contribution < 1.29 is 14.3 Å². The Bertz CT molecular complexity index is 1030. The molecule has 0 radical (unpaired) electrons. The zero-order valence-corrected chi connectivity index (χ0v) is 15.0. The van der Waals surface area contributed by atoms with Crippen molar-refractivity contribution >= 4 is 29.1 Å². The molecule has 138 valence electrons. The summed E-state index contributed by atoms with van der Waals surface area (Å²) in [5.74, 6) is -0.801. The van der Waals surface area contributed by atoms with Crippen LogP contribution in [0.5, 0.6) is 0 Å². The smallest absolute Gasteiger partial charge is 0.307 e. The number of rotatable bonds is 6. The maximum atomic E-state index is 12.0. The van der Waals surface area contributed by atoms with Gasteiger partial charge in [-0.25, -0.2) is 4.98 Å². The molecular formula is C19H16ClN3O4. The van der Waals surface area contributed by atoms with Crippen molar-refractivity contribution in [1.29, 1.82) is 0 Å². The lowest BCUT2D eigenvalue weighted by atomic mass is 10.2. The van der Waals surface area contributed by atoms with Crippen molar-refractivity contribution in [3.63, 3.8) is 0 Å². The highest BCUT2D eigenvalue weighted by Crippen LogP contribution is 2.09. The predicted molar refractivity (Wildman–Crippen MR) is 99.7 cm³/mol. The number of carbonyl (C=O) groups excluding carboxylic acids is 2. The zero-order valence-electron chi connectivity index (χ0n) is 14.2. The van der Waals surface area contributed by atoms with Crippen LogP contribution < -0.4 is 10.9 Å². The van der Waals surface area contributed by atoms with Crippen LogP contribution in [-0.4, -0.2) is 27.8 Å². The quantitative estimate of drug-likeness (QED) is 0.657. The van der Waals surface area contributed by atoms with Crippen LogP contribution in [0.3, 0.4) is 0 Å². The van der Waals surface area contributed by atoms with Crippen LogP contribution in [0.2, 0.25) is 5.02 Å². The number of amides is 1. The summed E-state index contributed by atoms with van der Waals surface area (Å²) in [5, 5.41) is 3.17. The van der Waals surface area contributed by atoms with Crippen molar-refractivity contribution in [3.8, 4) is 0 Å². The predicted octanol–water partition coefficient (Wildman–Crippen LogP) is 2.21. The molecule has 3 rings (SSSR count). The summed E-state index contributed by atoms with van der Waals surface area (Å²) in [4.78, 5) is 40.0. The van der Waals surface area contributed by atoms with Gasteiger partial charge in [0.1, 0.15) is 12.3 Å². The summed E-state index contributed by atoms with van der Waals surface area (Å²) in [6.07, 6.45) is 1.62. The average Bonchev–Trinajstić information content (AvgIpc) is 2.67. The van der Waals surface area contributed by atoms with Gasteiger partial charge in [-0.2, -0.15) is 0 Å². The SMILES string of the molecule is O=C(CCNC(=O)c1ccc(Cl)cc1)OCc1cc(=O)n2ccccc2n1. The molecule has 7 nitrogen and oxygen atoms in total. The van der Waals surface area contributed by atoms with Crippen LogP contribution in [0, 0.1) is 0 Å². The van der Waals surface area contributed by atoms with E-state index in [0.717, 1.165) is 0 Å². The molecule has 2 heterocycles. The van der Waals surface area contributed by atoms with Gasteiger partial charge in [0, 0.05) is 29.4 Å². The number of nitrogens with zero attached hydrogens (tertiary/aromatic N) is 2. The lowest BCUT2D eigenvalue weighted by molar-refractivity contribution is -0.144. The second kappa shape index (κ2) is 8.46. The Balaban J connectivity index is 1.48. The fourth-order valence-electron chi connectivity index (χ4n) is 2.38. The van der Waals surface area contributed by atoms with Gasteiger partial charge in [0.05, 0.1) is 12.1 Å². The van der Waals surface area contributed by atoms with Gasteiger partial charge in [-0.3, -0.25) is 18.8 Å². The van der Waals surface area contributed by atoms with E-state index in [0.29, 0.717) is 21.9 Å². The molecule has 0 fully saturated rings. The second-order valence-electron chi connectivity index (χ2n) is 5.69. The first-order chi connectivity index (χ1) is 13.0. The largest absolute Gasteiger partial charge is 0.459 e. The minimum Gasteiger partial charge on any atom is -0.459 e. The van der Waals surface area contributed by atoms with Crippen molar-refractivity contribution in [2.75, 3.05) is 6.54 Å². The molecule has 1 N–H and O–H groups in total. The van der Waals surface area contributed by atoms with Crippen molar-refractivity contribution in [3.05, 3.63) is 81.4 Å². The van der Waals surface area contributed by atoms with Gasteiger partial charge in [-0.15, -0.1) is 0 Å². The van der Waals surface area contributed by atoms with Gasteiger partial charge in [0.25, 0.3) is 11.5 Å². The van der Waals surface area contributed by atoms with E-state index in [1.165, 1.54) is 10.5 Å². The van der Waals surface area contributed by atoms with Gasteiger partial charge < -0.3 is 10.1 Å². The van der Waals surface area contributed by atoms with Crippen LogP contribution in [0.25, 0.3) is 5.65 Å². The molecule has 0 aliphatic rings. The first-order valence-corrected chi connectivity index (χ1v) is 8.57. The third kappa shape index (κ3) is 4.92. The summed E-state index contributed by atoms with van der Waals surface area (Å²) in [6, 6.07) is 12.9. The van der Waals surface area contributed by atoms with E-state index in [1.54, 1.807) is 48.7 Å². The maximum Gasteiger partial charge on any atom is 0.307 e. The van der Waals surface area contributed by atoms with E-state index in [2.05, 4.69) is 10.3 Å². The first-order valence-electron chi connectivity index (χ1n) is 8.19. The number of halogens is 1. The molecule has 0 bridgehead atoms. The van der Waals surface area contributed by atoms with E-state index in [9.17, 15) is 14.4 Å². The summed E-state index contributed by atoms with van der Waals surface area (Å²) in [7, 11) is 0. The first kappa shape index (κ1) is 18.6. The molecule has 1 amide bonds. The summed E-state index contributed by atoms with van der Waals surface area (Å²) in [5.41, 5.74) is 1.05. The van der Waals surface area contributed by atoms with Crippen LogP contribution in [0.1, 0.15) is 22.5 Å². The monoisotopic (exact) mass is 385 g/mol. The van der Waals surface area contributed by atoms with Crippen LogP contribution in [-0.2, 0) is 16.1 Å². The molecule has 27 heavy (non-hydrogen) atoms. The van der Waals surface area contributed by atoms with Gasteiger partial charge in [-0.05, 0) is 36.4 Å². The Morgan fingerprint density at radius 2 is 1.93 bits per heavy atom. The van der Waals surface area contributed by atoms with Crippen LogP contribution >= 0.6 is 11.6 Å². The fraction of sp³-hybridized carbons (Fsp3) is 0.158. The fourth-order valence-corrected chi connectivity index (χ4v) is 2.51. The Morgan fingerprint density at radius 1 is 1.15 bits per heavy atom. The molecule has 0 atom stereocenters. The molecule has 0 aliphatic heterocycles. The Labute approximate surface area is 159 Å². The second-order valence-corrected chi connectivity index (χ2v) is 6.12. The number of esters is 1. The van der Waals surface area contributed by atoms with Gasteiger partial charge >= 0.3 is 5.97 Å². The lowest BCUT2D eigenvalue weighted by Crippen LogP contribution is -2.26. The number of benzene rings is 1. The minimum atomic E-state index is -0.499. The summed E-state index contributed by atoms with van der Waals surface area (Å²) in [6.45, 7) is 0.0265. The van der Waals surface area contributed by atoms with E-state index in [1.807, 2.05) is 0 Å². The topological polar surface area (TPSA) is 89.8 Å². The average molecular weight is 386 g/mol. The highest BCUT2D eigenvalue weighted by Gasteiger charge is 2.09. The molecule has 3 aromatic rings. The third-order valence-electron chi connectivity index (χ3n) is 3.73. The Morgan fingerprint density at radius 3 is 2.70 bits per heavy atom. The van der Waals surface area contributed by atoms with Gasteiger partial charge in [0.15, 0.2) is 0 Å². The van der Waals surface area contributed by atoms with Crippen molar-refractivity contribution in [1.82, 2.24) is 14.7 Å². The molecule has 0 aliphatic carbocycles. The number of ether oxygens (including phenoxy) is 1. The Hall–Kier alpha value is -3.19. The van der Waals surface area contributed by atoms with Crippen LogP contribution in [0.4, 0.5) is 0 Å². The zero-order chi connectivity index (χ0) is 19.2. The highest BCUT2D eigenvalue weighted by molar-refractivity contribution is 6.30. The van der Waals surface area contributed by atoms with E-state index >= 15 is 0 Å². The molecule has 1 aromatic carbocycles. The molecule has 2 aromatic heterocycles. The molecule has 0 spiro atoms. The van der Waals surface area contributed by atoms with Gasteiger partial charge in [0.2, 0.25) is 0 Å². The lowest BCUT2D eigenvalue weighted by Gasteiger charge is -2.07. The van der Waals surface area contributed by atoms with Crippen molar-refractivity contribution in [2.24, 2.45) is 0 Å². The third-order valence-corrected chi connectivity index (χ3v) is 3.98. The van der Waals surface area contributed by atoms with Gasteiger partial charge in [-0.1, -0.05) is 17.7 Å². The minimum absolute atomic E-state index is 0.00585. The number of carbonyl (C=O) groups is 2.